The lowest BCUT2D eigenvalue weighted by Crippen LogP contribution is -2.45. The number of nitrogens with zero attached hydrogens (tertiary/aromatic N) is 2. The van der Waals surface area contributed by atoms with E-state index in [1.165, 1.54) is 24.3 Å². The van der Waals surface area contributed by atoms with Crippen molar-refractivity contribution in [3.05, 3.63) is 71.0 Å². The number of benzene rings is 2. The van der Waals surface area contributed by atoms with Gasteiger partial charge in [-0.1, -0.05) is 29.4 Å². The second-order valence-corrected chi connectivity index (χ2v) is 7.88. The number of hydrogen-bond acceptors (Lipinski definition) is 5. The second-order valence-electron chi connectivity index (χ2n) is 7.88. The van der Waals surface area contributed by atoms with Crippen LogP contribution in [0.15, 0.2) is 53.7 Å². The summed E-state index contributed by atoms with van der Waals surface area (Å²) >= 11 is 0. The highest BCUT2D eigenvalue weighted by Gasteiger charge is 2.32. The molecule has 0 spiro atoms. The highest BCUT2D eigenvalue weighted by molar-refractivity contribution is 6.04. The maximum Gasteiger partial charge on any atom is 0.416 e. The molecule has 1 saturated heterocycles. The Hall–Kier alpha value is -2.98. The summed E-state index contributed by atoms with van der Waals surface area (Å²) in [6, 6.07) is 10.5. The third kappa shape index (κ3) is 5.69. The topological polar surface area (TPSA) is 63.2 Å². The summed E-state index contributed by atoms with van der Waals surface area (Å²) in [6.45, 7) is 2.37. The summed E-state index contributed by atoms with van der Waals surface area (Å²) in [4.78, 5) is 20.0. The van der Waals surface area contributed by atoms with Gasteiger partial charge in [0.15, 0.2) is 0 Å². The van der Waals surface area contributed by atoms with E-state index >= 15 is 0 Å². The number of oxime groups is 1. The molecule has 10 heteroatoms. The highest BCUT2D eigenvalue weighted by Crippen LogP contribution is 2.31. The van der Waals surface area contributed by atoms with Crippen LogP contribution in [0.5, 0.6) is 0 Å². The predicted octanol–water partition coefficient (Wildman–Crippen LogP) is 3.53. The van der Waals surface area contributed by atoms with Crippen LogP contribution in [0.2, 0.25) is 0 Å². The van der Waals surface area contributed by atoms with Crippen molar-refractivity contribution >= 4 is 11.6 Å². The quantitative estimate of drug-likeness (QED) is 0.664. The lowest BCUT2D eigenvalue weighted by Gasteiger charge is -2.35. The molecule has 4 rings (SSSR count). The largest absolute Gasteiger partial charge is 0.416 e. The van der Waals surface area contributed by atoms with Gasteiger partial charge < -0.3 is 14.9 Å². The van der Waals surface area contributed by atoms with Crippen LogP contribution in [0.4, 0.5) is 17.6 Å². The molecule has 0 bridgehead atoms. The van der Waals surface area contributed by atoms with E-state index in [4.69, 9.17) is 9.57 Å². The van der Waals surface area contributed by atoms with Crippen LogP contribution in [0.3, 0.4) is 0 Å². The van der Waals surface area contributed by atoms with E-state index in [1.54, 1.807) is 12.1 Å². The molecule has 0 aromatic heterocycles. The number of ether oxygens (including phenoxy) is 1. The third-order valence-corrected chi connectivity index (χ3v) is 5.70. The molecule has 0 radical (unpaired) electrons. The van der Waals surface area contributed by atoms with Gasteiger partial charge in [-0.2, -0.15) is 13.2 Å². The maximum atomic E-state index is 13.5. The minimum Gasteiger partial charge on any atom is -0.382 e. The number of nitrogens with one attached hydrogen (secondary N) is 1. The zero-order valence-electron chi connectivity index (χ0n) is 17.6. The summed E-state index contributed by atoms with van der Waals surface area (Å²) in [5, 5.41) is 6.75. The van der Waals surface area contributed by atoms with E-state index in [2.05, 4.69) is 15.4 Å². The van der Waals surface area contributed by atoms with Crippen LogP contribution >= 0.6 is 0 Å². The average molecular weight is 465 g/mol. The Morgan fingerprint density at radius 1 is 1.15 bits per heavy atom. The lowest BCUT2D eigenvalue weighted by molar-refractivity contribution is -0.137. The number of morpholine rings is 1. The zero-order valence-corrected chi connectivity index (χ0v) is 17.6. The number of amides is 1. The van der Waals surface area contributed by atoms with Crippen LogP contribution in [0, 0.1) is 5.82 Å². The number of carbonyl (C=O) groups excluding carboxylic acids is 1. The molecule has 176 valence electrons. The molecule has 1 fully saturated rings. The average Bonchev–Trinajstić information content (AvgIpc) is 3.30. The van der Waals surface area contributed by atoms with Crippen molar-refractivity contribution < 1.29 is 31.9 Å². The van der Waals surface area contributed by atoms with Crippen molar-refractivity contribution in [2.24, 2.45) is 5.16 Å². The van der Waals surface area contributed by atoms with Crippen molar-refractivity contribution in [2.75, 3.05) is 32.8 Å². The van der Waals surface area contributed by atoms with Crippen molar-refractivity contribution in [1.29, 1.82) is 0 Å². The first-order valence-electron chi connectivity index (χ1n) is 10.6. The van der Waals surface area contributed by atoms with Gasteiger partial charge in [0, 0.05) is 31.6 Å². The van der Waals surface area contributed by atoms with E-state index in [9.17, 15) is 22.4 Å². The Morgan fingerprint density at radius 3 is 2.55 bits per heavy atom. The van der Waals surface area contributed by atoms with Gasteiger partial charge >= 0.3 is 6.18 Å². The molecule has 1 amide bonds. The molecule has 6 nitrogen and oxygen atoms in total. The van der Waals surface area contributed by atoms with Crippen LogP contribution < -0.4 is 5.32 Å². The summed E-state index contributed by atoms with van der Waals surface area (Å²) in [5.74, 6) is -0.802. The molecule has 2 atom stereocenters. The summed E-state index contributed by atoms with van der Waals surface area (Å²) in [5.41, 5.74) is 0.954. The van der Waals surface area contributed by atoms with Gasteiger partial charge in [-0.25, -0.2) is 4.39 Å². The first-order valence-corrected chi connectivity index (χ1v) is 10.6. The SMILES string of the molecule is O=C(NCC(c1ccc(C(F)(F)F)cc1)N1CCOCC1)C1CC(c2cccc(F)c2)=NO1. The van der Waals surface area contributed by atoms with Gasteiger partial charge in [0.05, 0.1) is 30.5 Å². The van der Waals surface area contributed by atoms with Crippen LogP contribution in [0.25, 0.3) is 0 Å². The molecule has 1 N–H and O–H groups in total. The molecule has 2 heterocycles. The van der Waals surface area contributed by atoms with E-state index in [-0.39, 0.29) is 19.0 Å². The smallest absolute Gasteiger partial charge is 0.382 e. The molecular formula is C23H23F4N3O3. The Morgan fingerprint density at radius 2 is 1.88 bits per heavy atom. The minimum absolute atomic E-state index is 0.180. The normalized spacial score (nSPS) is 20.1. The molecular weight excluding hydrogens is 442 g/mol. The van der Waals surface area contributed by atoms with Crippen LogP contribution in [-0.4, -0.2) is 55.5 Å². The summed E-state index contributed by atoms with van der Waals surface area (Å²) in [7, 11) is 0. The standard InChI is InChI=1S/C23H23F4N3O3/c24-18-3-1-2-16(12-18)19-13-21(33-29-19)22(31)28-14-20(30-8-10-32-11-9-30)15-4-6-17(7-5-15)23(25,26)27/h1-7,12,20-21H,8-11,13-14H2,(H,28,31). The molecule has 2 aromatic carbocycles. The first kappa shape index (κ1) is 23.2. The summed E-state index contributed by atoms with van der Waals surface area (Å²) in [6.07, 6.45) is -5.08. The van der Waals surface area contributed by atoms with Gasteiger partial charge in [0.25, 0.3) is 5.91 Å². The summed E-state index contributed by atoms with van der Waals surface area (Å²) < 4.78 is 57.7. The minimum atomic E-state index is -4.42. The second kappa shape index (κ2) is 9.88. The number of rotatable bonds is 6. The van der Waals surface area contributed by atoms with Crippen LogP contribution in [0.1, 0.15) is 29.2 Å². The van der Waals surface area contributed by atoms with E-state index in [0.717, 1.165) is 12.1 Å². The lowest BCUT2D eigenvalue weighted by atomic mass is 10.0. The van der Waals surface area contributed by atoms with Crippen LogP contribution in [-0.2, 0) is 20.5 Å². The fourth-order valence-corrected chi connectivity index (χ4v) is 3.91. The highest BCUT2D eigenvalue weighted by atomic mass is 19.4. The number of halogens is 4. The Kier molecular flexibility index (Phi) is 6.94. The third-order valence-electron chi connectivity index (χ3n) is 5.70. The number of alkyl halides is 3. The van der Waals surface area contributed by atoms with E-state index < -0.39 is 29.6 Å². The predicted molar refractivity (Wildman–Crippen MR) is 112 cm³/mol. The van der Waals surface area contributed by atoms with Crippen molar-refractivity contribution in [3.63, 3.8) is 0 Å². The maximum absolute atomic E-state index is 13.5. The van der Waals surface area contributed by atoms with Gasteiger partial charge in [-0.3, -0.25) is 9.69 Å². The fraction of sp³-hybridized carbons (Fsp3) is 0.391. The molecule has 33 heavy (non-hydrogen) atoms. The van der Waals surface area contributed by atoms with Crippen molar-refractivity contribution in [3.8, 4) is 0 Å². The monoisotopic (exact) mass is 465 g/mol. The van der Waals surface area contributed by atoms with Gasteiger partial charge in [-0.05, 0) is 29.8 Å². The first-order chi connectivity index (χ1) is 15.8. The molecule has 0 aliphatic carbocycles. The fourth-order valence-electron chi connectivity index (χ4n) is 3.91. The van der Waals surface area contributed by atoms with E-state index in [1.807, 2.05) is 0 Å². The van der Waals surface area contributed by atoms with Gasteiger partial charge in [0.2, 0.25) is 6.10 Å². The zero-order chi connectivity index (χ0) is 23.4. The Bertz CT molecular complexity index is 1000. The molecule has 0 saturated carbocycles. The van der Waals surface area contributed by atoms with E-state index in [0.29, 0.717) is 43.1 Å². The Labute approximate surface area is 188 Å². The Balaban J connectivity index is 1.41. The van der Waals surface area contributed by atoms with Crippen molar-refractivity contribution in [1.82, 2.24) is 10.2 Å². The van der Waals surface area contributed by atoms with Crippen molar-refractivity contribution in [2.45, 2.75) is 24.7 Å². The number of carbonyl (C=O) groups is 1. The molecule has 2 unspecified atom stereocenters. The molecule has 2 aromatic rings. The molecule has 2 aliphatic rings. The van der Waals surface area contributed by atoms with Gasteiger partial charge in [0.1, 0.15) is 5.82 Å². The van der Waals surface area contributed by atoms with Gasteiger partial charge in [-0.15, -0.1) is 0 Å². The number of hydrogen-bond donors (Lipinski definition) is 1. The molecule has 2 aliphatic heterocycles.